The Bertz CT molecular complexity index is 161. The maximum absolute atomic E-state index is 10.9. The summed E-state index contributed by atoms with van der Waals surface area (Å²) in [6.07, 6.45) is 1.04. The third-order valence-electron chi connectivity index (χ3n) is 1.24. The summed E-state index contributed by atoms with van der Waals surface area (Å²) in [5.41, 5.74) is 0. The lowest BCUT2D eigenvalue weighted by Gasteiger charge is -2.06. The van der Waals surface area contributed by atoms with E-state index < -0.39 is 5.97 Å². The number of esters is 1. The van der Waals surface area contributed by atoms with Gasteiger partial charge in [-0.05, 0) is 20.3 Å². The van der Waals surface area contributed by atoms with Crippen LogP contribution in [0.25, 0.3) is 0 Å². The second-order valence-electron chi connectivity index (χ2n) is 3.00. The zero-order chi connectivity index (χ0) is 9.56. The van der Waals surface area contributed by atoms with E-state index in [4.69, 9.17) is 4.74 Å². The van der Waals surface area contributed by atoms with E-state index in [0.29, 0.717) is 6.42 Å². The Morgan fingerprint density at radius 1 is 1.33 bits per heavy atom. The van der Waals surface area contributed by atoms with Gasteiger partial charge in [0.2, 0.25) is 0 Å². The third-order valence-corrected chi connectivity index (χ3v) is 1.24. The van der Waals surface area contributed by atoms with Crippen LogP contribution in [0.5, 0.6) is 0 Å². The van der Waals surface area contributed by atoms with Crippen LogP contribution in [0, 0.1) is 0 Å². The Morgan fingerprint density at radius 2 is 1.92 bits per heavy atom. The van der Waals surface area contributed by atoms with Crippen molar-refractivity contribution < 1.29 is 14.3 Å². The molecule has 0 aliphatic heterocycles. The van der Waals surface area contributed by atoms with Crippen molar-refractivity contribution in [2.75, 3.05) is 0 Å². The van der Waals surface area contributed by atoms with Gasteiger partial charge in [-0.15, -0.1) is 0 Å². The quantitative estimate of drug-likeness (QED) is 0.468. The highest BCUT2D eigenvalue weighted by Crippen LogP contribution is 1.98. The van der Waals surface area contributed by atoms with Crippen LogP contribution in [0.4, 0.5) is 0 Å². The molecule has 70 valence electrons. The predicted octanol–water partition coefficient (Wildman–Crippen LogP) is 1.70. The minimum absolute atomic E-state index is 0.0387. The van der Waals surface area contributed by atoms with E-state index >= 15 is 0 Å². The fraction of sp³-hybridized carbons (Fsp3) is 0.778. The van der Waals surface area contributed by atoms with Gasteiger partial charge in [0.15, 0.2) is 0 Å². The highest BCUT2D eigenvalue weighted by Gasteiger charge is 2.10. The number of hydrogen-bond donors (Lipinski definition) is 0. The first-order valence-corrected chi connectivity index (χ1v) is 4.27. The molecule has 0 radical (unpaired) electrons. The van der Waals surface area contributed by atoms with Crippen molar-refractivity contribution >= 4 is 11.8 Å². The van der Waals surface area contributed by atoms with Crippen molar-refractivity contribution in [2.45, 2.75) is 46.1 Å². The molecule has 0 spiro atoms. The van der Waals surface area contributed by atoms with Crippen molar-refractivity contribution in [2.24, 2.45) is 0 Å². The van der Waals surface area contributed by atoms with Crippen molar-refractivity contribution in [3.05, 3.63) is 0 Å². The van der Waals surface area contributed by atoms with E-state index in [-0.39, 0.29) is 18.3 Å². The third kappa shape index (κ3) is 5.89. The van der Waals surface area contributed by atoms with Crippen LogP contribution in [0.15, 0.2) is 0 Å². The summed E-state index contributed by atoms with van der Waals surface area (Å²) in [4.78, 5) is 21.8. The summed E-state index contributed by atoms with van der Waals surface area (Å²) in [5.74, 6) is -0.452. The largest absolute Gasteiger partial charge is 0.463 e. The topological polar surface area (TPSA) is 43.4 Å². The molecule has 0 saturated carbocycles. The number of Topliss-reactive ketones (excluding diaryl/α,β-unsaturated/α-hetero) is 1. The molecular weight excluding hydrogens is 156 g/mol. The van der Waals surface area contributed by atoms with Crippen LogP contribution < -0.4 is 0 Å². The number of carbonyl (C=O) groups is 2. The zero-order valence-corrected chi connectivity index (χ0v) is 7.92. The average Bonchev–Trinajstić information content (AvgIpc) is 1.84. The number of ketones is 1. The SMILES string of the molecule is CCCC(=O)CC(=O)OC(C)C. The van der Waals surface area contributed by atoms with Gasteiger partial charge in [0, 0.05) is 6.42 Å². The lowest BCUT2D eigenvalue weighted by atomic mass is 10.2. The van der Waals surface area contributed by atoms with Crippen LogP contribution in [0.3, 0.4) is 0 Å². The average molecular weight is 172 g/mol. The van der Waals surface area contributed by atoms with Crippen LogP contribution in [0.2, 0.25) is 0 Å². The summed E-state index contributed by atoms with van der Waals surface area (Å²) in [5, 5.41) is 0. The van der Waals surface area contributed by atoms with Gasteiger partial charge in [0.1, 0.15) is 12.2 Å². The molecule has 12 heavy (non-hydrogen) atoms. The van der Waals surface area contributed by atoms with Crippen molar-refractivity contribution in [3.8, 4) is 0 Å². The van der Waals surface area contributed by atoms with E-state index in [1.807, 2.05) is 6.92 Å². The predicted molar refractivity (Wildman–Crippen MR) is 45.8 cm³/mol. The highest BCUT2D eigenvalue weighted by atomic mass is 16.5. The first-order valence-electron chi connectivity index (χ1n) is 4.27. The monoisotopic (exact) mass is 172 g/mol. The Hall–Kier alpha value is -0.860. The summed E-state index contributed by atoms with van der Waals surface area (Å²) in [7, 11) is 0. The minimum Gasteiger partial charge on any atom is -0.463 e. The molecule has 0 aromatic carbocycles. The minimum atomic E-state index is -0.413. The molecular formula is C9H16O3. The smallest absolute Gasteiger partial charge is 0.313 e. The second kappa shape index (κ2) is 5.75. The molecule has 0 heterocycles. The van der Waals surface area contributed by atoms with Gasteiger partial charge in [0.05, 0.1) is 6.10 Å². The normalized spacial score (nSPS) is 10.0. The summed E-state index contributed by atoms with van der Waals surface area (Å²) in [6.45, 7) is 5.44. The van der Waals surface area contributed by atoms with E-state index in [1.165, 1.54) is 0 Å². The lowest BCUT2D eigenvalue weighted by molar-refractivity contribution is -0.149. The van der Waals surface area contributed by atoms with Crippen LogP contribution >= 0.6 is 0 Å². The van der Waals surface area contributed by atoms with E-state index in [1.54, 1.807) is 13.8 Å². The van der Waals surface area contributed by atoms with Gasteiger partial charge < -0.3 is 4.74 Å². The maximum atomic E-state index is 10.9. The van der Waals surface area contributed by atoms with Gasteiger partial charge in [-0.2, -0.15) is 0 Å². The molecule has 0 aliphatic rings. The molecule has 0 aromatic heterocycles. The molecule has 0 atom stereocenters. The molecule has 0 amide bonds. The number of carbonyl (C=O) groups excluding carboxylic acids is 2. The van der Waals surface area contributed by atoms with Crippen LogP contribution in [-0.4, -0.2) is 17.9 Å². The Morgan fingerprint density at radius 3 is 2.33 bits per heavy atom. The Kier molecular flexibility index (Phi) is 5.34. The van der Waals surface area contributed by atoms with Gasteiger partial charge in [-0.1, -0.05) is 6.92 Å². The van der Waals surface area contributed by atoms with Crippen molar-refractivity contribution in [1.82, 2.24) is 0 Å². The Labute approximate surface area is 73.1 Å². The second-order valence-corrected chi connectivity index (χ2v) is 3.00. The fourth-order valence-electron chi connectivity index (χ4n) is 0.833. The number of hydrogen-bond acceptors (Lipinski definition) is 3. The highest BCUT2D eigenvalue weighted by molar-refractivity contribution is 5.95. The molecule has 3 nitrogen and oxygen atoms in total. The fourth-order valence-corrected chi connectivity index (χ4v) is 0.833. The molecule has 0 aliphatic carbocycles. The van der Waals surface area contributed by atoms with E-state index in [2.05, 4.69) is 0 Å². The van der Waals surface area contributed by atoms with E-state index in [9.17, 15) is 9.59 Å². The van der Waals surface area contributed by atoms with Gasteiger partial charge in [0.25, 0.3) is 0 Å². The first-order chi connectivity index (χ1) is 5.56. The summed E-state index contributed by atoms with van der Waals surface area (Å²) < 4.78 is 4.81. The maximum Gasteiger partial charge on any atom is 0.313 e. The standard InChI is InChI=1S/C9H16O3/c1-4-5-8(10)6-9(11)12-7(2)3/h7H,4-6H2,1-3H3. The molecule has 0 rings (SSSR count). The summed E-state index contributed by atoms with van der Waals surface area (Å²) in [6, 6.07) is 0. The van der Waals surface area contributed by atoms with Crippen molar-refractivity contribution in [3.63, 3.8) is 0 Å². The molecule has 0 bridgehead atoms. The van der Waals surface area contributed by atoms with Crippen LogP contribution in [-0.2, 0) is 14.3 Å². The molecule has 0 unspecified atom stereocenters. The molecule has 0 fully saturated rings. The molecule has 0 aromatic rings. The molecule has 0 saturated heterocycles. The first kappa shape index (κ1) is 11.1. The summed E-state index contributed by atoms with van der Waals surface area (Å²) >= 11 is 0. The number of rotatable bonds is 5. The van der Waals surface area contributed by atoms with Gasteiger partial charge in [-0.25, -0.2) is 0 Å². The Balaban J connectivity index is 3.62. The molecule has 0 N–H and O–H groups in total. The molecule has 3 heteroatoms. The lowest BCUT2D eigenvalue weighted by Crippen LogP contribution is -2.15. The number of ether oxygens (including phenoxy) is 1. The van der Waals surface area contributed by atoms with Crippen molar-refractivity contribution in [1.29, 1.82) is 0 Å². The van der Waals surface area contributed by atoms with Crippen LogP contribution in [0.1, 0.15) is 40.0 Å². The zero-order valence-electron chi connectivity index (χ0n) is 7.92. The van der Waals surface area contributed by atoms with E-state index in [0.717, 1.165) is 6.42 Å². The van der Waals surface area contributed by atoms with Gasteiger partial charge in [-0.3, -0.25) is 9.59 Å². The van der Waals surface area contributed by atoms with Gasteiger partial charge >= 0.3 is 5.97 Å².